The number of carbonyl (C=O) groups is 2. The zero-order valence-electron chi connectivity index (χ0n) is 15.4. The molecule has 0 aliphatic carbocycles. The van der Waals surface area contributed by atoms with E-state index in [1.165, 1.54) is 24.3 Å². The summed E-state index contributed by atoms with van der Waals surface area (Å²) in [4.78, 5) is 23.5. The molecule has 6 nitrogen and oxygen atoms in total. The van der Waals surface area contributed by atoms with Crippen molar-refractivity contribution in [1.82, 2.24) is 0 Å². The second-order valence-electron chi connectivity index (χ2n) is 6.84. The fourth-order valence-electron chi connectivity index (χ4n) is 2.25. The van der Waals surface area contributed by atoms with Gasteiger partial charge in [-0.1, -0.05) is 40.2 Å². The number of nitrogens with one attached hydrogen (secondary N) is 1. The molecule has 0 radical (unpaired) electrons. The van der Waals surface area contributed by atoms with Gasteiger partial charge in [0.05, 0.1) is 10.6 Å². The van der Waals surface area contributed by atoms with Gasteiger partial charge < -0.3 is 4.74 Å². The minimum atomic E-state index is -4.08. The Morgan fingerprint density at radius 3 is 2.21 bits per heavy atom. The van der Waals surface area contributed by atoms with Gasteiger partial charge in [-0.15, -0.1) is 0 Å². The van der Waals surface area contributed by atoms with Gasteiger partial charge in [0.15, 0.2) is 10.6 Å². The Morgan fingerprint density at radius 2 is 1.61 bits per heavy atom. The smallest absolute Gasteiger partial charge is 0.328 e. The summed E-state index contributed by atoms with van der Waals surface area (Å²) >= 11 is 6.31. The van der Waals surface area contributed by atoms with Crippen molar-refractivity contribution in [2.75, 3.05) is 4.72 Å². The third-order valence-electron chi connectivity index (χ3n) is 3.40. The van der Waals surface area contributed by atoms with Crippen molar-refractivity contribution < 1.29 is 22.7 Å². The maximum Gasteiger partial charge on any atom is 0.328 e. The van der Waals surface area contributed by atoms with Crippen LogP contribution in [-0.2, 0) is 19.6 Å². The fraction of sp³-hybridized carbons (Fsp3) is 0.263. The number of Topliss-reactive ketones (excluding diaryl/α,β-unsaturated/α-hetero) is 1. The average Bonchev–Trinajstić information content (AvgIpc) is 2.61. The number of alkyl halides is 1. The minimum Gasteiger partial charge on any atom is -0.459 e. The summed E-state index contributed by atoms with van der Waals surface area (Å²) < 4.78 is 34.0. The van der Waals surface area contributed by atoms with E-state index in [-0.39, 0.29) is 10.5 Å². The molecule has 0 saturated heterocycles. The number of hydrogen-bond donors (Lipinski definition) is 1. The number of halogens is 2. The van der Waals surface area contributed by atoms with E-state index >= 15 is 0 Å². The summed E-state index contributed by atoms with van der Waals surface area (Å²) in [7, 11) is -4.08. The summed E-state index contributed by atoms with van der Waals surface area (Å²) in [6.07, 6.45) is 0. The van der Waals surface area contributed by atoms with Crippen molar-refractivity contribution in [2.45, 2.75) is 36.1 Å². The zero-order valence-corrected chi connectivity index (χ0v) is 19.4. The Hall–Kier alpha value is -1.71. The molecule has 2 aromatic carbocycles. The maximum absolute atomic E-state index is 12.9. The summed E-state index contributed by atoms with van der Waals surface area (Å²) in [5.74, 6) is -1.49. The van der Waals surface area contributed by atoms with E-state index in [4.69, 9.17) is 4.74 Å². The molecule has 0 saturated carbocycles. The zero-order chi connectivity index (χ0) is 21.1. The Morgan fingerprint density at radius 1 is 1.04 bits per heavy atom. The average molecular weight is 533 g/mol. The van der Waals surface area contributed by atoms with Gasteiger partial charge in [-0.25, -0.2) is 8.42 Å². The summed E-state index contributed by atoms with van der Waals surface area (Å²) in [5.41, 5.74) is -0.571. The number of ketones is 1. The van der Waals surface area contributed by atoms with E-state index in [0.29, 0.717) is 10.2 Å². The summed E-state index contributed by atoms with van der Waals surface area (Å²) in [6, 6.07) is 12.4. The number of para-hydroxylation sites is 1. The number of sulfonamides is 1. The molecule has 150 valence electrons. The first-order chi connectivity index (χ1) is 12.9. The monoisotopic (exact) mass is 531 g/mol. The molecule has 1 unspecified atom stereocenters. The molecule has 1 N–H and O–H groups in total. The number of rotatable bonds is 6. The van der Waals surface area contributed by atoms with Crippen LogP contribution in [0.15, 0.2) is 57.9 Å². The fourth-order valence-corrected chi connectivity index (χ4v) is 4.39. The van der Waals surface area contributed by atoms with Crippen molar-refractivity contribution in [1.29, 1.82) is 0 Å². The number of hydrogen-bond acceptors (Lipinski definition) is 5. The standard InChI is InChI=1S/C19H19Br2NO5S/c1-19(2,3)27-18(24)16(21)17(23)12-8-4-7-11-15(12)28(25,26)22-14-10-6-5-9-13(14)20/h4-11,16,22H,1-3H3. The molecule has 0 aliphatic rings. The van der Waals surface area contributed by atoms with Crippen LogP contribution in [0.5, 0.6) is 0 Å². The van der Waals surface area contributed by atoms with Gasteiger partial charge >= 0.3 is 5.97 Å². The highest BCUT2D eigenvalue weighted by atomic mass is 79.9. The molecule has 0 heterocycles. The molecular formula is C19H19Br2NO5S. The summed E-state index contributed by atoms with van der Waals surface area (Å²) in [6.45, 7) is 5.03. The normalized spacial score (nSPS) is 12.9. The molecular weight excluding hydrogens is 514 g/mol. The van der Waals surface area contributed by atoms with Crippen LogP contribution < -0.4 is 4.72 Å². The van der Waals surface area contributed by atoms with Gasteiger partial charge in [-0.3, -0.25) is 14.3 Å². The van der Waals surface area contributed by atoms with Gasteiger partial charge in [0.2, 0.25) is 0 Å². The van der Waals surface area contributed by atoms with E-state index in [1.807, 2.05) is 0 Å². The number of benzene rings is 2. The second kappa shape index (κ2) is 8.75. The van der Waals surface area contributed by atoms with Crippen molar-refractivity contribution >= 4 is 59.3 Å². The molecule has 0 aliphatic heterocycles. The first-order valence-electron chi connectivity index (χ1n) is 8.20. The van der Waals surface area contributed by atoms with Crippen molar-refractivity contribution in [3.05, 3.63) is 58.6 Å². The Kier molecular flexibility index (Phi) is 7.06. The van der Waals surface area contributed by atoms with Crippen LogP contribution >= 0.6 is 31.9 Å². The predicted molar refractivity (Wildman–Crippen MR) is 114 cm³/mol. The van der Waals surface area contributed by atoms with E-state index in [2.05, 4.69) is 36.6 Å². The predicted octanol–water partition coefficient (Wildman–Crippen LogP) is 4.54. The highest BCUT2D eigenvalue weighted by Crippen LogP contribution is 2.27. The van der Waals surface area contributed by atoms with Gasteiger partial charge in [0.1, 0.15) is 5.60 Å². The Labute approximate surface area is 181 Å². The number of ether oxygens (including phenoxy) is 1. The SMILES string of the molecule is CC(C)(C)OC(=O)C(Br)C(=O)c1ccccc1S(=O)(=O)Nc1ccccc1Br. The largest absolute Gasteiger partial charge is 0.459 e. The molecule has 2 aromatic rings. The lowest BCUT2D eigenvalue weighted by Gasteiger charge is -2.21. The third kappa shape index (κ3) is 5.65. The van der Waals surface area contributed by atoms with Gasteiger partial charge in [-0.2, -0.15) is 0 Å². The number of esters is 1. The molecule has 0 spiro atoms. The van der Waals surface area contributed by atoms with E-state index in [9.17, 15) is 18.0 Å². The van der Waals surface area contributed by atoms with E-state index in [0.717, 1.165) is 0 Å². The second-order valence-corrected chi connectivity index (χ2v) is 10.3. The van der Waals surface area contributed by atoms with Gasteiger partial charge in [-0.05, 0) is 61.0 Å². The topological polar surface area (TPSA) is 89.5 Å². The van der Waals surface area contributed by atoms with Crippen LogP contribution in [0.1, 0.15) is 31.1 Å². The number of carbonyl (C=O) groups excluding carboxylic acids is 2. The van der Waals surface area contributed by atoms with Crippen LogP contribution in [0.4, 0.5) is 5.69 Å². The van der Waals surface area contributed by atoms with Crippen LogP contribution in [0.2, 0.25) is 0 Å². The van der Waals surface area contributed by atoms with Crippen LogP contribution in [0.3, 0.4) is 0 Å². The molecule has 2 rings (SSSR count). The summed E-state index contributed by atoms with van der Waals surface area (Å²) in [5, 5.41) is 0. The van der Waals surface area contributed by atoms with Crippen molar-refractivity contribution in [3.8, 4) is 0 Å². The lowest BCUT2D eigenvalue weighted by atomic mass is 10.1. The molecule has 0 aromatic heterocycles. The van der Waals surface area contributed by atoms with Gasteiger partial charge in [0.25, 0.3) is 10.0 Å². The van der Waals surface area contributed by atoms with E-state index < -0.39 is 32.2 Å². The van der Waals surface area contributed by atoms with Gasteiger partial charge in [0, 0.05) is 10.0 Å². The molecule has 1 atom stereocenters. The Balaban J connectivity index is 2.38. The van der Waals surface area contributed by atoms with E-state index in [1.54, 1.807) is 45.0 Å². The molecule has 0 fully saturated rings. The van der Waals surface area contributed by atoms with Crippen molar-refractivity contribution in [2.24, 2.45) is 0 Å². The minimum absolute atomic E-state index is 0.116. The lowest BCUT2D eigenvalue weighted by Crippen LogP contribution is -2.34. The number of anilines is 1. The van der Waals surface area contributed by atoms with Crippen LogP contribution in [-0.4, -0.2) is 30.6 Å². The lowest BCUT2D eigenvalue weighted by molar-refractivity contribution is -0.152. The molecule has 0 bridgehead atoms. The molecule has 0 amide bonds. The first kappa shape index (κ1) is 22.6. The first-order valence-corrected chi connectivity index (χ1v) is 11.4. The maximum atomic E-state index is 12.9. The molecule has 9 heteroatoms. The van der Waals surface area contributed by atoms with Crippen LogP contribution in [0, 0.1) is 0 Å². The quantitative estimate of drug-likeness (QED) is 0.255. The highest BCUT2D eigenvalue weighted by Gasteiger charge is 2.33. The Bertz CT molecular complexity index is 999. The highest BCUT2D eigenvalue weighted by molar-refractivity contribution is 9.10. The molecule has 28 heavy (non-hydrogen) atoms. The van der Waals surface area contributed by atoms with Crippen molar-refractivity contribution in [3.63, 3.8) is 0 Å². The van der Waals surface area contributed by atoms with Crippen LogP contribution in [0.25, 0.3) is 0 Å². The third-order valence-corrected chi connectivity index (χ3v) is 6.31.